The van der Waals surface area contributed by atoms with E-state index < -0.39 is 28.5 Å². The largest absolute Gasteiger partial charge is 0.354 e. The normalized spacial score (nSPS) is 12.0. The fourth-order valence-electron chi connectivity index (χ4n) is 3.79. The highest BCUT2D eigenvalue weighted by Crippen LogP contribution is 2.35. The summed E-state index contributed by atoms with van der Waals surface area (Å²) in [4.78, 5) is 28.1. The molecule has 3 aromatic carbocycles. The molecule has 0 aliphatic heterocycles. The number of amides is 2. The minimum atomic E-state index is -4.23. The minimum absolute atomic E-state index is 0.000926. The SMILES string of the molecule is CCCNC(=O)[C@@H](C)N(Cc1ccccc1)C(=O)CN(c1cccc(Cl)c1Cl)S(=O)(=O)c1ccc(C)cc1. The number of nitrogens with one attached hydrogen (secondary N) is 1. The van der Waals surface area contributed by atoms with Crippen molar-refractivity contribution in [2.45, 2.75) is 44.7 Å². The lowest BCUT2D eigenvalue weighted by molar-refractivity contribution is -0.139. The quantitative estimate of drug-likeness (QED) is 0.330. The maximum absolute atomic E-state index is 13.8. The van der Waals surface area contributed by atoms with Gasteiger partial charge in [-0.1, -0.05) is 84.2 Å². The molecule has 3 rings (SSSR count). The predicted octanol–water partition coefficient (Wildman–Crippen LogP) is 5.44. The zero-order valence-electron chi connectivity index (χ0n) is 21.5. The summed E-state index contributed by atoms with van der Waals surface area (Å²) in [5, 5.41) is 2.96. The number of benzene rings is 3. The maximum atomic E-state index is 13.8. The van der Waals surface area contributed by atoms with Gasteiger partial charge in [0.2, 0.25) is 11.8 Å². The van der Waals surface area contributed by atoms with E-state index in [0.29, 0.717) is 6.54 Å². The zero-order chi connectivity index (χ0) is 27.9. The van der Waals surface area contributed by atoms with Crippen LogP contribution < -0.4 is 9.62 Å². The third-order valence-electron chi connectivity index (χ3n) is 6.00. The molecule has 0 bridgehead atoms. The first kappa shape index (κ1) is 29.5. The fourth-order valence-corrected chi connectivity index (χ4v) is 5.67. The van der Waals surface area contributed by atoms with Gasteiger partial charge >= 0.3 is 0 Å². The average Bonchev–Trinajstić information content (AvgIpc) is 2.91. The molecular weight excluding hydrogens is 545 g/mol. The lowest BCUT2D eigenvalue weighted by Crippen LogP contribution is -2.51. The lowest BCUT2D eigenvalue weighted by atomic mass is 10.1. The maximum Gasteiger partial charge on any atom is 0.264 e. The van der Waals surface area contributed by atoms with Crippen molar-refractivity contribution in [3.05, 3.63) is 94.0 Å². The molecule has 7 nitrogen and oxygen atoms in total. The van der Waals surface area contributed by atoms with Gasteiger partial charge in [0, 0.05) is 13.1 Å². The van der Waals surface area contributed by atoms with E-state index >= 15 is 0 Å². The van der Waals surface area contributed by atoms with Crippen LogP contribution in [0.2, 0.25) is 10.0 Å². The number of sulfonamides is 1. The summed E-state index contributed by atoms with van der Waals surface area (Å²) in [5.41, 5.74) is 1.74. The van der Waals surface area contributed by atoms with Crippen molar-refractivity contribution in [3.63, 3.8) is 0 Å². The standard InChI is InChI=1S/C28H31Cl2N3O4S/c1-4-17-31-28(35)21(3)32(18-22-9-6-5-7-10-22)26(34)19-33(25-12-8-11-24(29)27(25)30)38(36,37)23-15-13-20(2)14-16-23/h5-16,21H,4,17-19H2,1-3H3,(H,31,35)/t21-/m1/s1. The Bertz CT molecular complexity index is 1370. The van der Waals surface area contributed by atoms with Gasteiger partial charge in [0.1, 0.15) is 12.6 Å². The Morgan fingerprint density at radius 1 is 0.947 bits per heavy atom. The van der Waals surface area contributed by atoms with Crippen LogP contribution in [-0.4, -0.2) is 44.3 Å². The summed E-state index contributed by atoms with van der Waals surface area (Å²) in [7, 11) is -4.23. The second-order valence-electron chi connectivity index (χ2n) is 8.87. The van der Waals surface area contributed by atoms with Gasteiger partial charge in [-0.25, -0.2) is 8.42 Å². The fraction of sp³-hybridized carbons (Fsp3) is 0.286. The molecule has 3 aromatic rings. The number of rotatable bonds is 11. The number of carbonyl (C=O) groups is 2. The lowest BCUT2D eigenvalue weighted by Gasteiger charge is -2.32. The van der Waals surface area contributed by atoms with Gasteiger partial charge in [-0.15, -0.1) is 0 Å². The Balaban J connectivity index is 2.05. The molecule has 2 amide bonds. The van der Waals surface area contributed by atoms with Gasteiger partial charge in [0.25, 0.3) is 10.0 Å². The van der Waals surface area contributed by atoms with Crippen molar-refractivity contribution in [1.29, 1.82) is 0 Å². The third-order valence-corrected chi connectivity index (χ3v) is 8.58. The Hall–Kier alpha value is -3.07. The first-order chi connectivity index (χ1) is 18.1. The minimum Gasteiger partial charge on any atom is -0.354 e. The molecule has 0 heterocycles. The van der Waals surface area contributed by atoms with Gasteiger partial charge in [0.15, 0.2) is 0 Å². The van der Waals surface area contributed by atoms with Crippen molar-refractivity contribution in [2.75, 3.05) is 17.4 Å². The van der Waals surface area contributed by atoms with E-state index in [0.717, 1.165) is 21.9 Å². The molecule has 0 saturated carbocycles. The first-order valence-corrected chi connectivity index (χ1v) is 14.4. The summed E-state index contributed by atoms with van der Waals surface area (Å²) in [6.45, 7) is 5.38. The van der Waals surface area contributed by atoms with E-state index in [4.69, 9.17) is 23.2 Å². The van der Waals surface area contributed by atoms with Crippen LogP contribution in [0, 0.1) is 6.92 Å². The third kappa shape index (κ3) is 7.07. The Labute approximate surface area is 234 Å². The smallest absolute Gasteiger partial charge is 0.264 e. The average molecular weight is 577 g/mol. The van der Waals surface area contributed by atoms with Crippen LogP contribution in [0.1, 0.15) is 31.4 Å². The van der Waals surface area contributed by atoms with Gasteiger partial charge in [-0.2, -0.15) is 0 Å². The van der Waals surface area contributed by atoms with E-state index in [2.05, 4.69) is 5.32 Å². The van der Waals surface area contributed by atoms with Gasteiger partial charge in [-0.05, 0) is 50.1 Å². The summed E-state index contributed by atoms with van der Waals surface area (Å²) in [5.74, 6) is -0.899. The number of nitrogens with zero attached hydrogens (tertiary/aromatic N) is 2. The monoisotopic (exact) mass is 575 g/mol. The van der Waals surface area contributed by atoms with E-state index in [9.17, 15) is 18.0 Å². The van der Waals surface area contributed by atoms with Crippen LogP contribution in [0.5, 0.6) is 0 Å². The van der Waals surface area contributed by atoms with Crippen molar-refractivity contribution in [3.8, 4) is 0 Å². The van der Waals surface area contributed by atoms with Crippen LogP contribution in [0.25, 0.3) is 0 Å². The van der Waals surface area contributed by atoms with Crippen LogP contribution in [0.3, 0.4) is 0 Å². The zero-order valence-corrected chi connectivity index (χ0v) is 23.9. The molecule has 0 aromatic heterocycles. The number of halogens is 2. The van der Waals surface area contributed by atoms with E-state index in [1.165, 1.54) is 29.2 Å². The predicted molar refractivity (Wildman–Crippen MR) is 152 cm³/mol. The van der Waals surface area contributed by atoms with Crippen molar-refractivity contribution < 1.29 is 18.0 Å². The second kappa shape index (κ2) is 13.1. The molecule has 0 aliphatic rings. The summed E-state index contributed by atoms with van der Waals surface area (Å²) < 4.78 is 28.6. The number of hydrogen-bond acceptors (Lipinski definition) is 4. The molecule has 202 valence electrons. The molecule has 0 spiro atoms. The van der Waals surface area contributed by atoms with Crippen molar-refractivity contribution >= 4 is 50.7 Å². The van der Waals surface area contributed by atoms with Crippen LogP contribution >= 0.6 is 23.2 Å². The molecule has 10 heteroatoms. The van der Waals surface area contributed by atoms with E-state index in [1.807, 2.05) is 44.2 Å². The highest BCUT2D eigenvalue weighted by molar-refractivity contribution is 7.92. The van der Waals surface area contributed by atoms with Gasteiger partial charge in [0.05, 0.1) is 20.6 Å². The Kier molecular flexibility index (Phi) is 10.2. The topological polar surface area (TPSA) is 86.8 Å². The van der Waals surface area contributed by atoms with Crippen molar-refractivity contribution in [2.24, 2.45) is 0 Å². The van der Waals surface area contributed by atoms with E-state index in [-0.39, 0.29) is 33.1 Å². The van der Waals surface area contributed by atoms with Gasteiger partial charge in [-0.3, -0.25) is 13.9 Å². The Morgan fingerprint density at radius 2 is 1.61 bits per heavy atom. The molecule has 38 heavy (non-hydrogen) atoms. The molecule has 0 radical (unpaired) electrons. The summed E-state index contributed by atoms with van der Waals surface area (Å²) >= 11 is 12.7. The van der Waals surface area contributed by atoms with Gasteiger partial charge < -0.3 is 10.2 Å². The Morgan fingerprint density at radius 3 is 2.24 bits per heavy atom. The number of aryl methyl sites for hydroxylation is 1. The van der Waals surface area contributed by atoms with Crippen LogP contribution in [-0.2, 0) is 26.2 Å². The number of hydrogen-bond donors (Lipinski definition) is 1. The highest BCUT2D eigenvalue weighted by atomic mass is 35.5. The number of anilines is 1. The molecule has 0 saturated heterocycles. The first-order valence-electron chi connectivity index (χ1n) is 12.2. The van der Waals surface area contributed by atoms with Crippen LogP contribution in [0.15, 0.2) is 77.7 Å². The molecule has 0 fully saturated rings. The van der Waals surface area contributed by atoms with Crippen molar-refractivity contribution in [1.82, 2.24) is 10.2 Å². The summed E-state index contributed by atoms with van der Waals surface area (Å²) in [6, 6.07) is 19.2. The number of carbonyl (C=O) groups excluding carboxylic acids is 2. The molecule has 1 N–H and O–H groups in total. The molecule has 0 aliphatic carbocycles. The van der Waals surface area contributed by atoms with E-state index in [1.54, 1.807) is 25.1 Å². The highest BCUT2D eigenvalue weighted by Gasteiger charge is 2.33. The molecule has 0 unspecified atom stereocenters. The van der Waals surface area contributed by atoms with Crippen LogP contribution in [0.4, 0.5) is 5.69 Å². The second-order valence-corrected chi connectivity index (χ2v) is 11.5. The molecule has 1 atom stereocenters. The molecular formula is C28H31Cl2N3O4S. The summed E-state index contributed by atoms with van der Waals surface area (Å²) in [6.07, 6.45) is 0.737.